The van der Waals surface area contributed by atoms with Crippen LogP contribution < -0.4 is 15.1 Å². The molecule has 0 spiro atoms. The highest BCUT2D eigenvalue weighted by molar-refractivity contribution is 5.79. The maximum atomic E-state index is 12.7. The van der Waals surface area contributed by atoms with Crippen LogP contribution in [0.3, 0.4) is 0 Å². The van der Waals surface area contributed by atoms with Crippen LogP contribution in [0.25, 0.3) is 0 Å². The second kappa shape index (κ2) is 10.1. The van der Waals surface area contributed by atoms with Gasteiger partial charge in [0.1, 0.15) is 0 Å². The lowest BCUT2D eigenvalue weighted by Gasteiger charge is -2.33. The molecule has 1 aliphatic carbocycles. The van der Waals surface area contributed by atoms with Crippen LogP contribution in [0.5, 0.6) is 0 Å². The Hall–Kier alpha value is -2.15. The van der Waals surface area contributed by atoms with Crippen molar-refractivity contribution in [1.82, 2.24) is 15.5 Å². The third-order valence-electron chi connectivity index (χ3n) is 6.22. The molecule has 3 heterocycles. The number of rotatable bonds is 6. The highest BCUT2D eigenvalue weighted by Crippen LogP contribution is 2.23. The molecule has 7 nitrogen and oxygen atoms in total. The first kappa shape index (κ1) is 20.1. The third-order valence-corrected chi connectivity index (χ3v) is 6.22. The van der Waals surface area contributed by atoms with Gasteiger partial charge in [-0.25, -0.2) is 0 Å². The average Bonchev–Trinajstić information content (AvgIpc) is 2.80. The zero-order valence-electron chi connectivity index (χ0n) is 17.3. The largest absolute Gasteiger partial charge is 0.378 e. The highest BCUT2D eigenvalue weighted by Gasteiger charge is 2.26. The molecule has 0 saturated carbocycles. The van der Waals surface area contributed by atoms with E-state index < -0.39 is 0 Å². The maximum Gasteiger partial charge on any atom is 0.224 e. The lowest BCUT2D eigenvalue weighted by Crippen LogP contribution is -2.43. The second-order valence-corrected chi connectivity index (χ2v) is 8.28. The minimum atomic E-state index is 0.0322. The highest BCUT2D eigenvalue weighted by atomic mass is 16.5. The van der Waals surface area contributed by atoms with Gasteiger partial charge in [-0.05, 0) is 57.1 Å². The van der Waals surface area contributed by atoms with Gasteiger partial charge < -0.3 is 19.9 Å². The monoisotopic (exact) mass is 399 g/mol. The number of nitrogens with one attached hydrogen (secondary N) is 1. The smallest absolute Gasteiger partial charge is 0.224 e. The summed E-state index contributed by atoms with van der Waals surface area (Å²) in [6, 6.07) is 4.07. The Morgan fingerprint density at radius 1 is 1.07 bits per heavy atom. The number of carbonyl (C=O) groups excluding carboxylic acids is 1. The Morgan fingerprint density at radius 3 is 2.59 bits per heavy atom. The summed E-state index contributed by atoms with van der Waals surface area (Å²) in [6.07, 6.45) is 10.3. The van der Waals surface area contributed by atoms with E-state index in [2.05, 4.69) is 31.4 Å². The van der Waals surface area contributed by atoms with Crippen molar-refractivity contribution in [2.75, 3.05) is 55.7 Å². The van der Waals surface area contributed by atoms with E-state index in [1.807, 2.05) is 12.1 Å². The van der Waals surface area contributed by atoms with Gasteiger partial charge in [0.15, 0.2) is 11.6 Å². The summed E-state index contributed by atoms with van der Waals surface area (Å²) in [4.78, 5) is 17.1. The Bertz CT molecular complexity index is 700. The molecule has 1 atom stereocenters. The minimum absolute atomic E-state index is 0.0322. The van der Waals surface area contributed by atoms with Crippen molar-refractivity contribution >= 4 is 17.5 Å². The number of nitrogens with zero attached hydrogens (tertiary/aromatic N) is 4. The van der Waals surface area contributed by atoms with E-state index in [0.717, 1.165) is 76.8 Å². The molecule has 1 amide bonds. The molecule has 0 radical (unpaired) electrons. The van der Waals surface area contributed by atoms with Crippen molar-refractivity contribution < 1.29 is 9.53 Å². The van der Waals surface area contributed by atoms with E-state index in [1.54, 1.807) is 0 Å². The summed E-state index contributed by atoms with van der Waals surface area (Å²) in [6.45, 7) is 5.61. The minimum Gasteiger partial charge on any atom is -0.378 e. The van der Waals surface area contributed by atoms with Gasteiger partial charge in [-0.3, -0.25) is 4.79 Å². The summed E-state index contributed by atoms with van der Waals surface area (Å²) in [7, 11) is 0. The quantitative estimate of drug-likeness (QED) is 0.742. The molecule has 158 valence electrons. The van der Waals surface area contributed by atoms with Gasteiger partial charge in [-0.15, -0.1) is 10.2 Å². The molecule has 7 heteroatoms. The summed E-state index contributed by atoms with van der Waals surface area (Å²) in [5, 5.41) is 12.0. The summed E-state index contributed by atoms with van der Waals surface area (Å²) in [5.41, 5.74) is 1.51. The van der Waals surface area contributed by atoms with Crippen LogP contribution in [0, 0.1) is 5.92 Å². The number of aromatic nitrogens is 2. The van der Waals surface area contributed by atoms with Crippen LogP contribution in [0.4, 0.5) is 11.6 Å². The van der Waals surface area contributed by atoms with Crippen LogP contribution in [0.2, 0.25) is 0 Å². The van der Waals surface area contributed by atoms with Gasteiger partial charge >= 0.3 is 0 Å². The first-order valence-corrected chi connectivity index (χ1v) is 11.2. The zero-order chi connectivity index (χ0) is 19.9. The molecule has 2 fully saturated rings. The standard InChI is InChI=1S/C22H33N5O2/c28-22(23-11-10-18-5-2-1-3-6-18)19-7-4-12-27(17-19)21-9-8-20(24-25-21)26-13-15-29-16-14-26/h5,8-9,19H,1-4,6-7,10-17H2,(H,23,28). The lowest BCUT2D eigenvalue weighted by atomic mass is 9.96. The summed E-state index contributed by atoms with van der Waals surface area (Å²) < 4.78 is 5.40. The molecular weight excluding hydrogens is 366 g/mol. The van der Waals surface area contributed by atoms with E-state index in [9.17, 15) is 4.79 Å². The molecule has 0 aromatic carbocycles. The fraction of sp³-hybridized carbons (Fsp3) is 0.682. The molecule has 1 N–H and O–H groups in total. The number of anilines is 2. The number of hydrogen-bond donors (Lipinski definition) is 1. The van der Waals surface area contributed by atoms with Gasteiger partial charge in [0.05, 0.1) is 19.1 Å². The van der Waals surface area contributed by atoms with Crippen molar-refractivity contribution in [2.45, 2.75) is 44.9 Å². The molecule has 4 rings (SSSR count). The average molecular weight is 400 g/mol. The molecule has 1 aromatic heterocycles. The van der Waals surface area contributed by atoms with Gasteiger partial charge in [0.25, 0.3) is 0 Å². The fourth-order valence-electron chi connectivity index (χ4n) is 4.47. The number of piperidine rings is 1. The normalized spacial score (nSPS) is 22.9. The number of morpholine rings is 1. The molecule has 1 unspecified atom stereocenters. The molecule has 2 aliphatic heterocycles. The Balaban J connectivity index is 1.27. The Morgan fingerprint density at radius 2 is 1.86 bits per heavy atom. The SMILES string of the molecule is O=C(NCCC1=CCCCC1)C1CCCN(c2ccc(N3CCOCC3)nn2)C1. The van der Waals surface area contributed by atoms with Crippen LogP contribution >= 0.6 is 0 Å². The van der Waals surface area contributed by atoms with Gasteiger partial charge in [-0.2, -0.15) is 0 Å². The van der Waals surface area contributed by atoms with Gasteiger partial charge in [0, 0.05) is 32.7 Å². The van der Waals surface area contributed by atoms with Crippen molar-refractivity contribution in [2.24, 2.45) is 5.92 Å². The van der Waals surface area contributed by atoms with Crippen molar-refractivity contribution in [3.05, 3.63) is 23.8 Å². The summed E-state index contributed by atoms with van der Waals surface area (Å²) >= 11 is 0. The number of ether oxygens (including phenoxy) is 1. The number of allylic oxidation sites excluding steroid dienone is 1. The predicted octanol–water partition coefficient (Wildman–Crippen LogP) is 2.54. The van der Waals surface area contributed by atoms with Crippen molar-refractivity contribution in [1.29, 1.82) is 0 Å². The number of hydrogen-bond acceptors (Lipinski definition) is 6. The lowest BCUT2D eigenvalue weighted by molar-refractivity contribution is -0.125. The Kier molecular flexibility index (Phi) is 6.98. The molecule has 29 heavy (non-hydrogen) atoms. The maximum absolute atomic E-state index is 12.7. The second-order valence-electron chi connectivity index (χ2n) is 8.28. The van der Waals surface area contributed by atoms with Crippen LogP contribution in [0.15, 0.2) is 23.8 Å². The van der Waals surface area contributed by atoms with E-state index in [0.29, 0.717) is 0 Å². The number of amides is 1. The van der Waals surface area contributed by atoms with Crippen molar-refractivity contribution in [3.63, 3.8) is 0 Å². The third kappa shape index (κ3) is 5.47. The number of carbonyl (C=O) groups is 1. The van der Waals surface area contributed by atoms with Crippen molar-refractivity contribution in [3.8, 4) is 0 Å². The first-order chi connectivity index (χ1) is 14.3. The predicted molar refractivity (Wildman–Crippen MR) is 114 cm³/mol. The topological polar surface area (TPSA) is 70.6 Å². The van der Waals surface area contributed by atoms with E-state index in [1.165, 1.54) is 31.3 Å². The molecule has 0 bridgehead atoms. The molecular formula is C22H33N5O2. The van der Waals surface area contributed by atoms with Gasteiger partial charge in [-0.1, -0.05) is 11.6 Å². The van der Waals surface area contributed by atoms with Crippen LogP contribution in [-0.4, -0.2) is 62.0 Å². The fourth-order valence-corrected chi connectivity index (χ4v) is 4.47. The van der Waals surface area contributed by atoms with Gasteiger partial charge in [0.2, 0.25) is 5.91 Å². The molecule has 2 saturated heterocycles. The zero-order valence-corrected chi connectivity index (χ0v) is 17.3. The van der Waals surface area contributed by atoms with Crippen LogP contribution in [-0.2, 0) is 9.53 Å². The first-order valence-electron chi connectivity index (χ1n) is 11.2. The molecule has 3 aliphatic rings. The van der Waals surface area contributed by atoms with E-state index in [-0.39, 0.29) is 11.8 Å². The van der Waals surface area contributed by atoms with E-state index in [4.69, 9.17) is 4.74 Å². The molecule has 1 aromatic rings. The summed E-state index contributed by atoms with van der Waals surface area (Å²) in [5.74, 6) is 1.99. The van der Waals surface area contributed by atoms with E-state index >= 15 is 0 Å². The Labute approximate surface area is 173 Å². The van der Waals surface area contributed by atoms with Crippen LogP contribution in [0.1, 0.15) is 44.9 Å².